The Kier molecular flexibility index (Phi) is 4.39. The van der Waals surface area contributed by atoms with E-state index in [1.165, 1.54) is 0 Å². The molecule has 0 bridgehead atoms. The van der Waals surface area contributed by atoms with Crippen molar-refractivity contribution < 1.29 is 9.59 Å². The maximum atomic E-state index is 11.7. The molecule has 0 saturated carbocycles. The molecule has 0 spiro atoms. The number of nitrogen functional groups attached to an aromatic ring is 1. The van der Waals surface area contributed by atoms with Crippen molar-refractivity contribution in [2.45, 2.75) is 19.3 Å². The van der Waals surface area contributed by atoms with Gasteiger partial charge in [-0.3, -0.25) is 9.59 Å². The van der Waals surface area contributed by atoms with Crippen molar-refractivity contribution in [2.75, 3.05) is 25.4 Å². The Hall–Kier alpha value is -2.04. The Morgan fingerprint density at radius 3 is 2.68 bits per heavy atom. The maximum Gasteiger partial charge on any atom is 0.241 e. The average molecular weight is 261 g/mol. The molecule has 2 amide bonds. The van der Waals surface area contributed by atoms with Crippen molar-refractivity contribution in [1.82, 2.24) is 10.2 Å². The minimum Gasteiger partial charge on any atom is -0.399 e. The van der Waals surface area contributed by atoms with Crippen molar-refractivity contribution in [2.24, 2.45) is 0 Å². The Morgan fingerprint density at radius 1 is 1.26 bits per heavy atom. The molecule has 1 heterocycles. The van der Waals surface area contributed by atoms with Gasteiger partial charge >= 0.3 is 0 Å². The molecule has 1 aromatic rings. The van der Waals surface area contributed by atoms with E-state index in [4.69, 9.17) is 5.73 Å². The first-order chi connectivity index (χ1) is 9.15. The van der Waals surface area contributed by atoms with Crippen molar-refractivity contribution in [3.8, 4) is 0 Å². The highest BCUT2D eigenvalue weighted by Crippen LogP contribution is 2.08. The van der Waals surface area contributed by atoms with Gasteiger partial charge in [-0.1, -0.05) is 12.1 Å². The fourth-order valence-corrected chi connectivity index (χ4v) is 2.20. The van der Waals surface area contributed by atoms with Gasteiger partial charge in [0.05, 0.1) is 13.0 Å². The molecule has 5 nitrogen and oxygen atoms in total. The third kappa shape index (κ3) is 3.98. The summed E-state index contributed by atoms with van der Waals surface area (Å²) in [6.45, 7) is 1.70. The largest absolute Gasteiger partial charge is 0.399 e. The molecule has 0 aliphatic carbocycles. The van der Waals surface area contributed by atoms with Gasteiger partial charge in [-0.05, 0) is 30.5 Å². The smallest absolute Gasteiger partial charge is 0.241 e. The van der Waals surface area contributed by atoms with Crippen LogP contribution >= 0.6 is 0 Å². The Labute approximate surface area is 112 Å². The number of hydrogen-bond donors (Lipinski definition) is 2. The van der Waals surface area contributed by atoms with Crippen LogP contribution in [-0.4, -0.2) is 36.3 Å². The van der Waals surface area contributed by atoms with Crippen molar-refractivity contribution in [3.63, 3.8) is 0 Å². The highest BCUT2D eigenvalue weighted by Gasteiger charge is 2.18. The first kappa shape index (κ1) is 13.4. The van der Waals surface area contributed by atoms with Gasteiger partial charge in [-0.25, -0.2) is 0 Å². The van der Waals surface area contributed by atoms with Crippen LogP contribution in [0.25, 0.3) is 0 Å². The first-order valence-electron chi connectivity index (χ1n) is 6.54. The molecular formula is C14H19N3O2. The topological polar surface area (TPSA) is 75.4 Å². The lowest BCUT2D eigenvalue weighted by molar-refractivity contribution is -0.131. The number of carbonyl (C=O) groups is 2. The molecule has 0 aromatic heterocycles. The molecule has 0 atom stereocenters. The Balaban J connectivity index is 1.76. The fourth-order valence-electron chi connectivity index (χ4n) is 2.20. The minimum atomic E-state index is -0.154. The van der Waals surface area contributed by atoms with E-state index in [9.17, 15) is 9.59 Å². The van der Waals surface area contributed by atoms with Gasteiger partial charge in [0.25, 0.3) is 0 Å². The number of nitrogens with zero attached hydrogens (tertiary/aromatic N) is 1. The van der Waals surface area contributed by atoms with Crippen molar-refractivity contribution in [1.29, 1.82) is 0 Å². The number of hydrogen-bond acceptors (Lipinski definition) is 3. The number of rotatable bonds is 4. The maximum absolute atomic E-state index is 11.7. The number of anilines is 1. The van der Waals surface area contributed by atoms with E-state index in [0.717, 1.165) is 31.5 Å². The molecule has 2 rings (SSSR count). The Morgan fingerprint density at radius 2 is 2.00 bits per heavy atom. The summed E-state index contributed by atoms with van der Waals surface area (Å²) in [5.41, 5.74) is 7.14. The lowest BCUT2D eigenvalue weighted by Crippen LogP contribution is -2.39. The summed E-state index contributed by atoms with van der Waals surface area (Å²) in [7, 11) is 0. The normalized spacial score (nSPS) is 14.4. The fraction of sp³-hybridized carbons (Fsp3) is 0.429. The van der Waals surface area contributed by atoms with Crippen LogP contribution in [0.2, 0.25) is 0 Å². The lowest BCUT2D eigenvalue weighted by Gasteiger charge is -2.15. The van der Waals surface area contributed by atoms with Crippen LogP contribution in [0.3, 0.4) is 0 Å². The summed E-state index contributed by atoms with van der Waals surface area (Å²) in [6.07, 6.45) is 2.37. The monoisotopic (exact) mass is 261 g/mol. The highest BCUT2D eigenvalue weighted by molar-refractivity contribution is 5.85. The number of carbonyl (C=O) groups excluding carboxylic acids is 2. The van der Waals surface area contributed by atoms with Gasteiger partial charge in [0.2, 0.25) is 11.8 Å². The molecule has 19 heavy (non-hydrogen) atoms. The van der Waals surface area contributed by atoms with E-state index < -0.39 is 0 Å². The summed E-state index contributed by atoms with van der Waals surface area (Å²) in [5.74, 6) is -0.156. The third-order valence-corrected chi connectivity index (χ3v) is 3.21. The second kappa shape index (κ2) is 6.22. The van der Waals surface area contributed by atoms with Crippen LogP contribution < -0.4 is 11.1 Å². The average Bonchev–Trinajstić information content (AvgIpc) is 2.90. The number of amides is 2. The molecule has 3 N–H and O–H groups in total. The van der Waals surface area contributed by atoms with Crippen LogP contribution in [0.4, 0.5) is 5.69 Å². The second-order valence-electron chi connectivity index (χ2n) is 4.79. The number of likely N-dealkylation sites (tertiary alicyclic amines) is 1. The van der Waals surface area contributed by atoms with E-state index in [1.54, 1.807) is 17.0 Å². The molecule has 1 fully saturated rings. The van der Waals surface area contributed by atoms with Gasteiger partial charge in [-0.15, -0.1) is 0 Å². The summed E-state index contributed by atoms with van der Waals surface area (Å²) in [5, 5.41) is 2.66. The van der Waals surface area contributed by atoms with Crippen LogP contribution in [0.5, 0.6) is 0 Å². The molecule has 102 valence electrons. The number of benzene rings is 1. The van der Waals surface area contributed by atoms with E-state index in [0.29, 0.717) is 5.69 Å². The molecular weight excluding hydrogens is 242 g/mol. The van der Waals surface area contributed by atoms with E-state index in [2.05, 4.69) is 5.32 Å². The second-order valence-corrected chi connectivity index (χ2v) is 4.79. The van der Waals surface area contributed by atoms with Gasteiger partial charge in [0.15, 0.2) is 0 Å². The third-order valence-electron chi connectivity index (χ3n) is 3.21. The predicted octanol–water partition coefficient (Wildman–Crippen LogP) is 0.550. The van der Waals surface area contributed by atoms with E-state index >= 15 is 0 Å². The van der Waals surface area contributed by atoms with Crippen LogP contribution in [0, 0.1) is 0 Å². The minimum absolute atomic E-state index is 0.00146. The highest BCUT2D eigenvalue weighted by atomic mass is 16.2. The van der Waals surface area contributed by atoms with Crippen LogP contribution in [0.1, 0.15) is 18.4 Å². The van der Waals surface area contributed by atoms with Crippen molar-refractivity contribution >= 4 is 17.5 Å². The summed E-state index contributed by atoms with van der Waals surface area (Å²) in [6, 6.07) is 7.20. The summed E-state index contributed by atoms with van der Waals surface area (Å²) >= 11 is 0. The zero-order valence-electron chi connectivity index (χ0n) is 10.9. The summed E-state index contributed by atoms with van der Waals surface area (Å²) < 4.78 is 0. The molecule has 5 heteroatoms. The van der Waals surface area contributed by atoms with Crippen molar-refractivity contribution in [3.05, 3.63) is 29.8 Å². The zero-order valence-corrected chi connectivity index (χ0v) is 10.9. The molecule has 0 unspecified atom stereocenters. The lowest BCUT2D eigenvalue weighted by atomic mass is 10.1. The SMILES string of the molecule is Nc1cccc(CC(=O)NCC(=O)N2CCCC2)c1. The standard InChI is InChI=1S/C14H19N3O2/c15-12-5-3-4-11(8-12)9-13(18)16-10-14(19)17-6-1-2-7-17/h3-5,8H,1-2,6-7,9-10,15H2,(H,16,18). The Bertz CT molecular complexity index is 468. The van der Waals surface area contributed by atoms with E-state index in [1.807, 2.05) is 12.1 Å². The quantitative estimate of drug-likeness (QED) is 0.777. The van der Waals surface area contributed by atoms with E-state index in [-0.39, 0.29) is 24.8 Å². The summed E-state index contributed by atoms with van der Waals surface area (Å²) in [4.78, 5) is 25.3. The number of nitrogens with one attached hydrogen (secondary N) is 1. The van der Waals surface area contributed by atoms with Crippen LogP contribution in [-0.2, 0) is 16.0 Å². The van der Waals surface area contributed by atoms with Gasteiger partial charge < -0.3 is 16.0 Å². The molecule has 1 saturated heterocycles. The van der Waals surface area contributed by atoms with Gasteiger partial charge in [0, 0.05) is 18.8 Å². The molecule has 0 radical (unpaired) electrons. The first-order valence-corrected chi connectivity index (χ1v) is 6.54. The van der Waals surface area contributed by atoms with Crippen LogP contribution in [0.15, 0.2) is 24.3 Å². The van der Waals surface area contributed by atoms with Gasteiger partial charge in [-0.2, -0.15) is 0 Å². The number of nitrogens with two attached hydrogens (primary N) is 1. The molecule has 1 aliphatic heterocycles. The molecule has 1 aromatic carbocycles. The zero-order chi connectivity index (χ0) is 13.7. The molecule has 1 aliphatic rings. The van der Waals surface area contributed by atoms with Gasteiger partial charge in [0.1, 0.15) is 0 Å². The predicted molar refractivity (Wildman–Crippen MR) is 73.4 cm³/mol.